The largest absolute Gasteiger partial charge is 0.300 e. The van der Waals surface area contributed by atoms with E-state index in [0.717, 1.165) is 5.56 Å². The molecular formula is C17H18O. The second-order valence-corrected chi connectivity index (χ2v) is 4.87. The Balaban J connectivity index is 2.28. The molecule has 0 bridgehead atoms. The molecule has 0 aliphatic rings. The summed E-state index contributed by atoms with van der Waals surface area (Å²) in [5.74, 6) is 0.203. The Morgan fingerprint density at radius 1 is 0.889 bits per heavy atom. The first-order chi connectivity index (χ1) is 8.56. The van der Waals surface area contributed by atoms with Crippen LogP contribution in [0.3, 0.4) is 0 Å². The highest BCUT2D eigenvalue weighted by Gasteiger charge is 2.01. The molecule has 1 heteroatoms. The summed E-state index contributed by atoms with van der Waals surface area (Å²) in [5, 5.41) is 0. The third kappa shape index (κ3) is 2.86. The smallest absolute Gasteiger partial charge is 0.134 e. The molecule has 2 aromatic carbocycles. The van der Waals surface area contributed by atoms with Gasteiger partial charge in [0.1, 0.15) is 5.78 Å². The van der Waals surface area contributed by atoms with Crippen LogP contribution in [0.4, 0.5) is 0 Å². The molecule has 2 aromatic rings. The molecular weight excluding hydrogens is 220 g/mol. The van der Waals surface area contributed by atoms with Crippen molar-refractivity contribution < 1.29 is 4.79 Å². The van der Waals surface area contributed by atoms with Crippen LogP contribution >= 0.6 is 0 Å². The molecule has 0 unspecified atom stereocenters. The van der Waals surface area contributed by atoms with Crippen molar-refractivity contribution in [3.8, 4) is 11.1 Å². The molecule has 0 N–H and O–H groups in total. The number of rotatable bonds is 3. The molecule has 0 radical (unpaired) electrons. The van der Waals surface area contributed by atoms with Crippen LogP contribution in [0, 0.1) is 13.8 Å². The molecule has 0 aliphatic heterocycles. The lowest BCUT2D eigenvalue weighted by Crippen LogP contribution is -1.95. The van der Waals surface area contributed by atoms with Gasteiger partial charge in [0, 0.05) is 6.42 Å². The van der Waals surface area contributed by atoms with Gasteiger partial charge in [0.2, 0.25) is 0 Å². The standard InChI is InChI=1S/C17H18O/c1-12-4-7-17(10-13(12)2)16-8-5-15(6-9-16)11-14(3)18/h4-10H,11H2,1-3H3. The molecule has 92 valence electrons. The second-order valence-electron chi connectivity index (χ2n) is 4.87. The van der Waals surface area contributed by atoms with Crippen LogP contribution in [0.1, 0.15) is 23.6 Å². The summed E-state index contributed by atoms with van der Waals surface area (Å²) in [6, 6.07) is 14.7. The fraction of sp³-hybridized carbons (Fsp3) is 0.235. The van der Waals surface area contributed by atoms with Gasteiger partial charge in [-0.1, -0.05) is 42.5 Å². The number of hydrogen-bond donors (Lipinski definition) is 0. The molecule has 0 amide bonds. The number of aryl methyl sites for hydroxylation is 2. The van der Waals surface area contributed by atoms with E-state index < -0.39 is 0 Å². The first-order valence-electron chi connectivity index (χ1n) is 6.22. The normalized spacial score (nSPS) is 10.4. The first kappa shape index (κ1) is 12.6. The summed E-state index contributed by atoms with van der Waals surface area (Å²) in [7, 11) is 0. The Labute approximate surface area is 108 Å². The molecule has 0 spiro atoms. The highest BCUT2D eigenvalue weighted by atomic mass is 16.1. The number of Topliss-reactive ketones (excluding diaryl/α,β-unsaturated/α-hetero) is 1. The summed E-state index contributed by atoms with van der Waals surface area (Å²) >= 11 is 0. The van der Waals surface area contributed by atoms with E-state index in [1.807, 2.05) is 12.1 Å². The fourth-order valence-electron chi connectivity index (χ4n) is 2.02. The molecule has 0 aliphatic carbocycles. The van der Waals surface area contributed by atoms with E-state index in [0.29, 0.717) is 6.42 Å². The highest BCUT2D eigenvalue weighted by molar-refractivity contribution is 5.78. The minimum Gasteiger partial charge on any atom is -0.300 e. The van der Waals surface area contributed by atoms with Crippen molar-refractivity contribution in [1.29, 1.82) is 0 Å². The van der Waals surface area contributed by atoms with Crippen LogP contribution in [-0.4, -0.2) is 5.78 Å². The summed E-state index contributed by atoms with van der Waals surface area (Å²) < 4.78 is 0. The molecule has 1 nitrogen and oxygen atoms in total. The molecule has 0 heterocycles. The Kier molecular flexibility index (Phi) is 3.61. The van der Waals surface area contributed by atoms with E-state index in [4.69, 9.17) is 0 Å². The van der Waals surface area contributed by atoms with Crippen molar-refractivity contribution in [2.24, 2.45) is 0 Å². The van der Waals surface area contributed by atoms with Gasteiger partial charge in [-0.05, 0) is 48.6 Å². The van der Waals surface area contributed by atoms with E-state index in [9.17, 15) is 4.79 Å². The maximum absolute atomic E-state index is 11.1. The van der Waals surface area contributed by atoms with Crippen molar-refractivity contribution in [3.63, 3.8) is 0 Å². The zero-order valence-corrected chi connectivity index (χ0v) is 11.2. The van der Waals surface area contributed by atoms with Crippen molar-refractivity contribution in [3.05, 3.63) is 59.2 Å². The number of ketones is 1. The molecule has 0 saturated carbocycles. The van der Waals surface area contributed by atoms with Crippen LogP contribution < -0.4 is 0 Å². The van der Waals surface area contributed by atoms with Gasteiger partial charge in [0.25, 0.3) is 0 Å². The van der Waals surface area contributed by atoms with Crippen LogP contribution in [-0.2, 0) is 11.2 Å². The van der Waals surface area contributed by atoms with Gasteiger partial charge < -0.3 is 0 Å². The molecule has 0 atom stereocenters. The Hall–Kier alpha value is -1.89. The van der Waals surface area contributed by atoms with Crippen LogP contribution in [0.15, 0.2) is 42.5 Å². The Morgan fingerprint density at radius 2 is 1.50 bits per heavy atom. The van der Waals surface area contributed by atoms with Crippen molar-refractivity contribution in [2.45, 2.75) is 27.2 Å². The lowest BCUT2D eigenvalue weighted by Gasteiger charge is -2.06. The second kappa shape index (κ2) is 5.18. The third-order valence-corrected chi connectivity index (χ3v) is 3.25. The predicted molar refractivity (Wildman–Crippen MR) is 75.7 cm³/mol. The van der Waals surface area contributed by atoms with Gasteiger partial charge in [0.15, 0.2) is 0 Å². The zero-order chi connectivity index (χ0) is 13.1. The first-order valence-corrected chi connectivity index (χ1v) is 6.22. The van der Waals surface area contributed by atoms with Gasteiger partial charge in [-0.3, -0.25) is 4.79 Å². The molecule has 0 aromatic heterocycles. The summed E-state index contributed by atoms with van der Waals surface area (Å²) in [6.45, 7) is 5.87. The number of carbonyl (C=O) groups excluding carboxylic acids is 1. The minimum atomic E-state index is 0.203. The maximum atomic E-state index is 11.1. The van der Waals surface area contributed by atoms with Crippen LogP contribution in [0.2, 0.25) is 0 Å². The molecule has 18 heavy (non-hydrogen) atoms. The van der Waals surface area contributed by atoms with E-state index in [1.165, 1.54) is 22.3 Å². The van der Waals surface area contributed by atoms with E-state index in [-0.39, 0.29) is 5.78 Å². The van der Waals surface area contributed by atoms with Gasteiger partial charge in [-0.15, -0.1) is 0 Å². The maximum Gasteiger partial charge on any atom is 0.134 e. The highest BCUT2D eigenvalue weighted by Crippen LogP contribution is 2.22. The lowest BCUT2D eigenvalue weighted by molar-refractivity contribution is -0.116. The SMILES string of the molecule is CC(=O)Cc1ccc(-c2ccc(C)c(C)c2)cc1. The number of benzene rings is 2. The monoisotopic (exact) mass is 238 g/mol. The Bertz CT molecular complexity index is 565. The van der Waals surface area contributed by atoms with Gasteiger partial charge in [-0.2, -0.15) is 0 Å². The van der Waals surface area contributed by atoms with Crippen LogP contribution in [0.25, 0.3) is 11.1 Å². The van der Waals surface area contributed by atoms with E-state index in [2.05, 4.69) is 44.2 Å². The van der Waals surface area contributed by atoms with Gasteiger partial charge in [-0.25, -0.2) is 0 Å². The predicted octanol–water partition coefficient (Wildman–Crippen LogP) is 4.10. The number of carbonyl (C=O) groups is 1. The quantitative estimate of drug-likeness (QED) is 0.786. The summed E-state index contributed by atoms with van der Waals surface area (Å²) in [4.78, 5) is 11.1. The molecule has 0 fully saturated rings. The topological polar surface area (TPSA) is 17.1 Å². The fourth-order valence-corrected chi connectivity index (χ4v) is 2.02. The minimum absolute atomic E-state index is 0.203. The van der Waals surface area contributed by atoms with Crippen LogP contribution in [0.5, 0.6) is 0 Å². The van der Waals surface area contributed by atoms with Gasteiger partial charge in [0.05, 0.1) is 0 Å². The lowest BCUT2D eigenvalue weighted by atomic mass is 9.99. The molecule has 2 rings (SSSR count). The Morgan fingerprint density at radius 3 is 2.06 bits per heavy atom. The number of hydrogen-bond acceptors (Lipinski definition) is 1. The average Bonchev–Trinajstić information content (AvgIpc) is 2.33. The van der Waals surface area contributed by atoms with E-state index in [1.54, 1.807) is 6.92 Å². The zero-order valence-electron chi connectivity index (χ0n) is 11.2. The molecule has 0 saturated heterocycles. The van der Waals surface area contributed by atoms with E-state index >= 15 is 0 Å². The third-order valence-electron chi connectivity index (χ3n) is 3.25. The average molecular weight is 238 g/mol. The van der Waals surface area contributed by atoms with Crippen molar-refractivity contribution >= 4 is 5.78 Å². The van der Waals surface area contributed by atoms with Gasteiger partial charge >= 0.3 is 0 Å². The van der Waals surface area contributed by atoms with Crippen molar-refractivity contribution in [2.75, 3.05) is 0 Å². The summed E-state index contributed by atoms with van der Waals surface area (Å²) in [5.41, 5.74) is 6.13. The van der Waals surface area contributed by atoms with Crippen molar-refractivity contribution in [1.82, 2.24) is 0 Å². The summed E-state index contributed by atoms with van der Waals surface area (Å²) in [6.07, 6.45) is 0.521.